The zero-order valence-corrected chi connectivity index (χ0v) is 24.3. The normalized spacial score (nSPS) is 23.9. The van der Waals surface area contributed by atoms with Crippen LogP contribution in [0.1, 0.15) is 33.4 Å². The molecule has 1 fully saturated rings. The van der Waals surface area contributed by atoms with Crippen molar-refractivity contribution in [1.29, 1.82) is 0 Å². The van der Waals surface area contributed by atoms with Gasteiger partial charge in [-0.1, -0.05) is 19.0 Å². The number of nitrogens with zero attached hydrogens (tertiary/aromatic N) is 5. The van der Waals surface area contributed by atoms with Crippen LogP contribution in [0.3, 0.4) is 0 Å². The highest BCUT2D eigenvalue weighted by molar-refractivity contribution is 7.52. The van der Waals surface area contributed by atoms with Crippen molar-refractivity contribution in [2.24, 2.45) is 11.0 Å². The number of aliphatic hydroxyl groups excluding tert-OH is 2. The van der Waals surface area contributed by atoms with Crippen molar-refractivity contribution in [1.82, 2.24) is 14.6 Å². The molecule has 3 rings (SSSR count). The van der Waals surface area contributed by atoms with Crippen molar-refractivity contribution in [2.75, 3.05) is 26.1 Å². The van der Waals surface area contributed by atoms with Crippen LogP contribution in [-0.2, 0) is 23.4 Å². The summed E-state index contributed by atoms with van der Waals surface area (Å²) in [5, 5.41) is 27.7. The number of nitrogens with two attached hydrogens (primary N) is 1. The lowest BCUT2D eigenvalue weighted by atomic mass is 10.1. The van der Waals surface area contributed by atoms with Crippen molar-refractivity contribution in [2.45, 2.75) is 57.4 Å². The molecule has 230 valence electrons. The molecule has 1 saturated heterocycles. The quantitative estimate of drug-likeness (QED) is 0.0784. The fraction of sp³-hybridized carbons (Fsp3) is 0.542. The van der Waals surface area contributed by atoms with Gasteiger partial charge in [0.2, 0.25) is 5.72 Å². The monoisotopic (exact) mass is 611 g/mol. The number of esters is 1. The molecular formula is C24H34N7O10P. The summed E-state index contributed by atoms with van der Waals surface area (Å²) in [5.41, 5.74) is 11.5. The van der Waals surface area contributed by atoms with E-state index in [-0.39, 0.29) is 30.5 Å². The molecule has 17 nitrogen and oxygen atoms in total. The lowest BCUT2D eigenvalue weighted by Crippen LogP contribution is -2.46. The van der Waals surface area contributed by atoms with Crippen LogP contribution in [0.2, 0.25) is 0 Å². The molecule has 42 heavy (non-hydrogen) atoms. The molecule has 5 N–H and O–H groups in total. The molecule has 0 bridgehead atoms. The van der Waals surface area contributed by atoms with Gasteiger partial charge in [0.25, 0.3) is 0 Å². The van der Waals surface area contributed by atoms with Crippen molar-refractivity contribution < 1.29 is 42.8 Å². The molecule has 1 aromatic carbocycles. The standard InChI is InChI=1S/C24H34N7O10P/c1-5-38-22(34)17(12-14(2)3)28-42(36,41-16-8-6-15(37-4)7-9-16)39-13-24(29-30-26)20(33)19(32)21(40-24)31-11-10-18(25)27-23(31)35/h6-11,14,17,19-21,32-33H,5,12-13H2,1-4H3,(H,28,36)(H2,25,27,35)/t17-,19+,20-,21+,24+,42?/m0/s1. The Morgan fingerprint density at radius 1 is 1.31 bits per heavy atom. The number of azide groups is 1. The van der Waals surface area contributed by atoms with Crippen LogP contribution in [0.15, 0.2) is 46.4 Å². The summed E-state index contributed by atoms with van der Waals surface area (Å²) in [5.74, 6) is -0.358. The fourth-order valence-electron chi connectivity index (χ4n) is 4.07. The maximum absolute atomic E-state index is 14.2. The largest absolute Gasteiger partial charge is 0.497 e. The van der Waals surface area contributed by atoms with E-state index in [2.05, 4.69) is 20.1 Å². The average Bonchev–Trinajstić information content (AvgIpc) is 3.17. The van der Waals surface area contributed by atoms with Crippen molar-refractivity contribution >= 4 is 19.5 Å². The first-order valence-electron chi connectivity index (χ1n) is 12.8. The Labute approximate surface area is 240 Å². The zero-order valence-electron chi connectivity index (χ0n) is 23.4. The van der Waals surface area contributed by atoms with E-state index in [1.165, 1.54) is 37.4 Å². The molecule has 0 aliphatic carbocycles. The van der Waals surface area contributed by atoms with E-state index in [9.17, 15) is 29.9 Å². The maximum atomic E-state index is 14.2. The number of rotatable bonds is 14. The van der Waals surface area contributed by atoms with Crippen LogP contribution >= 0.6 is 7.75 Å². The molecule has 1 unspecified atom stereocenters. The number of anilines is 1. The first kappa shape index (κ1) is 32.8. The smallest absolute Gasteiger partial charge is 0.459 e. The van der Waals surface area contributed by atoms with Crippen LogP contribution < -0.4 is 25.8 Å². The molecule has 1 aromatic heterocycles. The summed E-state index contributed by atoms with van der Waals surface area (Å²) in [7, 11) is -3.11. The van der Waals surface area contributed by atoms with Crippen molar-refractivity contribution in [3.8, 4) is 11.5 Å². The van der Waals surface area contributed by atoms with Gasteiger partial charge < -0.3 is 34.7 Å². The van der Waals surface area contributed by atoms with Crippen LogP contribution in [0.5, 0.6) is 11.5 Å². The summed E-state index contributed by atoms with van der Waals surface area (Å²) in [6, 6.07) is 6.02. The molecule has 2 aromatic rings. The number of hydrogen-bond acceptors (Lipinski definition) is 13. The van der Waals surface area contributed by atoms with Gasteiger partial charge in [-0.2, -0.15) is 10.1 Å². The molecule has 6 atom stereocenters. The third-order valence-electron chi connectivity index (χ3n) is 6.06. The second-order valence-electron chi connectivity index (χ2n) is 9.62. The van der Waals surface area contributed by atoms with E-state index in [0.717, 1.165) is 10.8 Å². The Kier molecular flexibility index (Phi) is 10.9. The first-order valence-corrected chi connectivity index (χ1v) is 14.4. The number of carbonyl (C=O) groups is 1. The highest BCUT2D eigenvalue weighted by atomic mass is 31.2. The van der Waals surface area contributed by atoms with Gasteiger partial charge in [0.05, 0.1) is 20.3 Å². The molecule has 0 radical (unpaired) electrons. The number of aliphatic hydroxyl groups is 2. The van der Waals surface area contributed by atoms with Crippen molar-refractivity contribution in [3.05, 3.63) is 57.5 Å². The van der Waals surface area contributed by atoms with E-state index in [1.54, 1.807) is 6.92 Å². The molecule has 0 spiro atoms. The molecular weight excluding hydrogens is 577 g/mol. The number of carbonyl (C=O) groups excluding carboxylic acids is 1. The Bertz CT molecular complexity index is 1380. The second-order valence-corrected chi connectivity index (χ2v) is 11.3. The Morgan fingerprint density at radius 2 is 1.98 bits per heavy atom. The molecule has 2 heterocycles. The fourth-order valence-corrected chi connectivity index (χ4v) is 5.60. The van der Waals surface area contributed by atoms with E-state index >= 15 is 0 Å². The summed E-state index contributed by atoms with van der Waals surface area (Å²) >= 11 is 0. The number of nitrogen functional groups attached to an aromatic ring is 1. The van der Waals surface area contributed by atoms with E-state index in [1.807, 2.05) is 13.8 Å². The number of nitrogens with one attached hydrogen (secondary N) is 1. The Morgan fingerprint density at radius 3 is 2.55 bits per heavy atom. The van der Waals surface area contributed by atoms with Crippen molar-refractivity contribution in [3.63, 3.8) is 0 Å². The van der Waals surface area contributed by atoms with Crippen LogP contribution in [0, 0.1) is 5.92 Å². The Hall–Kier alpha value is -3.69. The number of ether oxygens (including phenoxy) is 3. The SMILES string of the molecule is CCOC(=O)[C@H](CC(C)C)NP(=O)(OC[C@@]1(N=[N+]=[N-])O[C@@H](n2ccc(N)nc2=O)[C@H](O)[C@@H]1O)Oc1ccc(OC)cc1. The van der Waals surface area contributed by atoms with Gasteiger partial charge in [0.1, 0.15) is 35.6 Å². The molecule has 1 aliphatic rings. The topological polar surface area (TPSA) is 242 Å². The minimum absolute atomic E-state index is 0.0434. The van der Waals surface area contributed by atoms with E-state index < -0.39 is 56.2 Å². The lowest BCUT2D eigenvalue weighted by molar-refractivity contribution is -0.145. The predicted molar refractivity (Wildman–Crippen MR) is 147 cm³/mol. The Balaban J connectivity index is 1.97. The summed E-state index contributed by atoms with van der Waals surface area (Å²) in [4.78, 5) is 31.3. The molecule has 0 amide bonds. The molecule has 18 heteroatoms. The van der Waals surface area contributed by atoms with Crippen LogP contribution in [-0.4, -0.2) is 70.0 Å². The average molecular weight is 612 g/mol. The van der Waals surface area contributed by atoms with Crippen LogP contribution in [0.4, 0.5) is 5.82 Å². The van der Waals surface area contributed by atoms with Gasteiger partial charge in [0.15, 0.2) is 6.23 Å². The summed E-state index contributed by atoms with van der Waals surface area (Å²) in [6.45, 7) is 4.37. The van der Waals surface area contributed by atoms with Gasteiger partial charge in [-0.15, -0.1) is 0 Å². The number of methoxy groups -OCH3 is 1. The minimum Gasteiger partial charge on any atom is -0.497 e. The molecule has 1 aliphatic heterocycles. The number of hydrogen-bond donors (Lipinski definition) is 4. The lowest BCUT2D eigenvalue weighted by Gasteiger charge is -2.30. The second kappa shape index (κ2) is 14.0. The first-order chi connectivity index (χ1) is 19.9. The number of benzene rings is 1. The maximum Gasteiger partial charge on any atom is 0.459 e. The summed E-state index contributed by atoms with van der Waals surface area (Å²) < 4.78 is 42.2. The zero-order chi connectivity index (χ0) is 31.1. The van der Waals surface area contributed by atoms with Gasteiger partial charge in [-0.3, -0.25) is 13.9 Å². The number of aromatic nitrogens is 2. The van der Waals surface area contributed by atoms with Crippen LogP contribution in [0.25, 0.3) is 10.4 Å². The van der Waals surface area contributed by atoms with Gasteiger partial charge >= 0.3 is 19.4 Å². The predicted octanol–water partition coefficient (Wildman–Crippen LogP) is 1.86. The highest BCUT2D eigenvalue weighted by Gasteiger charge is 2.56. The third kappa shape index (κ3) is 7.77. The van der Waals surface area contributed by atoms with Gasteiger partial charge in [-0.05, 0) is 55.1 Å². The van der Waals surface area contributed by atoms with Gasteiger partial charge in [0, 0.05) is 11.1 Å². The molecule has 0 saturated carbocycles. The van der Waals surface area contributed by atoms with E-state index in [0.29, 0.717) is 5.75 Å². The third-order valence-corrected chi connectivity index (χ3v) is 7.61. The minimum atomic E-state index is -4.57. The highest BCUT2D eigenvalue weighted by Crippen LogP contribution is 2.48. The summed E-state index contributed by atoms with van der Waals surface area (Å²) in [6.07, 6.45) is -4.07. The van der Waals surface area contributed by atoms with E-state index in [4.69, 9.17) is 29.0 Å². The van der Waals surface area contributed by atoms with Gasteiger partial charge in [-0.25, -0.2) is 9.36 Å².